The van der Waals surface area contributed by atoms with E-state index in [1.165, 1.54) is 0 Å². The molecule has 0 aliphatic rings. The Morgan fingerprint density at radius 2 is 0.292 bits per heavy atom. The van der Waals surface area contributed by atoms with Gasteiger partial charge < -0.3 is 99.4 Å². The summed E-state index contributed by atoms with van der Waals surface area (Å²) in [6.07, 6.45) is 0. The minimum Gasteiger partial charge on any atom is -0.344 e. The van der Waals surface area contributed by atoms with Crippen LogP contribution >= 0.6 is 23.5 Å². The van der Waals surface area contributed by atoms with Crippen LogP contribution in [0.25, 0.3) is 0 Å². The molecule has 36 N–H and O–H groups in total. The van der Waals surface area contributed by atoms with Crippen LogP contribution < -0.4 is 55.4 Å². The maximum Gasteiger partial charge on any atom is 0.466 e. The van der Waals surface area contributed by atoms with Gasteiger partial charge in [-0.2, -0.15) is 0 Å². The molecule has 21 nitrogen and oxygen atoms in total. The maximum atomic E-state index is 8.88. The Morgan fingerprint density at radius 3 is 0.292 bits per heavy atom. The smallest absolute Gasteiger partial charge is 0.344 e. The van der Waals surface area contributed by atoms with Gasteiger partial charge in [-0.05, 0) is 0 Å². The second kappa shape index (κ2) is 34.3. The average molecular weight is 447 g/mol. The van der Waals surface area contributed by atoms with Gasteiger partial charge in [-0.15, -0.1) is 0 Å². The van der Waals surface area contributed by atoms with Crippen molar-refractivity contribution in [3.8, 4) is 0 Å². The third-order valence-electron chi connectivity index (χ3n) is 0. The first-order valence-corrected chi connectivity index (χ1v) is 7.04. The molecule has 0 spiro atoms. The van der Waals surface area contributed by atoms with Gasteiger partial charge in [-0.25, -0.2) is 13.7 Å². The SMILES string of the molecule is N.N.N.N.N.N.N.N.N.O=P(O)(O)O.O=P(O)(O)O.O=P(O)(O)O. The fourth-order valence-electron chi connectivity index (χ4n) is 0. The highest BCUT2D eigenvalue weighted by Crippen LogP contribution is 2.26. The summed E-state index contributed by atoms with van der Waals surface area (Å²) in [6, 6.07) is 0. The summed E-state index contributed by atoms with van der Waals surface area (Å²) in [4.78, 5) is 64.7. The molecule has 0 unspecified atom stereocenters. The second-order valence-corrected chi connectivity index (χ2v) is 4.62. The number of rotatable bonds is 0. The zero-order valence-corrected chi connectivity index (χ0v) is 15.6. The molecule has 0 aliphatic carbocycles. The summed E-state index contributed by atoms with van der Waals surface area (Å²) in [6.45, 7) is 0. The van der Waals surface area contributed by atoms with Gasteiger partial charge >= 0.3 is 23.5 Å². The quantitative estimate of drug-likeness (QED) is 0.191. The summed E-state index contributed by atoms with van der Waals surface area (Å²) in [5.41, 5.74) is 0. The van der Waals surface area contributed by atoms with Crippen molar-refractivity contribution in [1.29, 1.82) is 0 Å². The molecule has 0 aromatic heterocycles. The van der Waals surface area contributed by atoms with Crippen LogP contribution in [0, 0.1) is 0 Å². The normalized spacial score (nSPS) is 7.38. The Kier molecular flexibility index (Phi) is 126. The first-order chi connectivity index (χ1) is 6.00. The van der Waals surface area contributed by atoms with Gasteiger partial charge in [0.2, 0.25) is 0 Å². The second-order valence-electron chi connectivity index (χ2n) is 1.54. The summed E-state index contributed by atoms with van der Waals surface area (Å²) < 4.78 is 26.6. The Bertz CT molecular complexity index is 220. The molecule has 0 saturated heterocycles. The molecular formula is H36N9O12P3. The molecule has 0 radical (unpaired) electrons. The summed E-state index contributed by atoms with van der Waals surface area (Å²) >= 11 is 0. The molecule has 24 heavy (non-hydrogen) atoms. The highest BCUT2D eigenvalue weighted by Gasteiger charge is 2.01. The molecule has 0 atom stereocenters. The molecule has 0 heterocycles. The lowest BCUT2D eigenvalue weighted by Crippen LogP contribution is -1.66. The topological polar surface area (TPSA) is 548 Å². The van der Waals surface area contributed by atoms with E-state index in [1.807, 2.05) is 0 Å². The molecule has 0 aliphatic heterocycles. The van der Waals surface area contributed by atoms with E-state index in [4.69, 9.17) is 57.7 Å². The summed E-state index contributed by atoms with van der Waals surface area (Å²) in [7, 11) is -13.9. The van der Waals surface area contributed by atoms with Gasteiger partial charge in [0.05, 0.1) is 0 Å². The molecule has 0 amide bonds. The van der Waals surface area contributed by atoms with Crippen molar-refractivity contribution in [2.24, 2.45) is 0 Å². The van der Waals surface area contributed by atoms with Crippen molar-refractivity contribution in [1.82, 2.24) is 55.4 Å². The van der Waals surface area contributed by atoms with E-state index in [9.17, 15) is 0 Å². The van der Waals surface area contributed by atoms with Gasteiger partial charge in [0, 0.05) is 0 Å². The van der Waals surface area contributed by atoms with Crippen molar-refractivity contribution in [2.75, 3.05) is 0 Å². The first kappa shape index (κ1) is 88.3. The monoisotopic (exact) mass is 447 g/mol. The average Bonchev–Trinajstić information content (AvgIpc) is 1.41. The van der Waals surface area contributed by atoms with Crippen LogP contribution in [0.5, 0.6) is 0 Å². The fourth-order valence-corrected chi connectivity index (χ4v) is 0. The predicted octanol–water partition coefficient (Wildman–Crippen LogP) is -1.33. The molecule has 0 rings (SSSR count). The molecule has 0 saturated carbocycles. The van der Waals surface area contributed by atoms with E-state index >= 15 is 0 Å². The van der Waals surface area contributed by atoms with Crippen molar-refractivity contribution in [3.05, 3.63) is 0 Å². The number of hydrogen-bond donors (Lipinski definition) is 18. The molecule has 168 valence electrons. The lowest BCUT2D eigenvalue weighted by Gasteiger charge is -1.82. The van der Waals surface area contributed by atoms with Crippen LogP contribution in [0.4, 0.5) is 0 Å². The van der Waals surface area contributed by atoms with Crippen LogP contribution in [-0.4, -0.2) is 44.0 Å². The van der Waals surface area contributed by atoms with E-state index < -0.39 is 23.5 Å². The lowest BCUT2D eigenvalue weighted by molar-refractivity contribution is 0.272. The lowest BCUT2D eigenvalue weighted by atomic mass is 14.0. The van der Waals surface area contributed by atoms with Crippen LogP contribution in [0.15, 0.2) is 0 Å². The maximum absolute atomic E-state index is 8.88. The number of phosphoric acid groups is 3. The summed E-state index contributed by atoms with van der Waals surface area (Å²) in [5.74, 6) is 0. The van der Waals surface area contributed by atoms with Gasteiger partial charge in [0.15, 0.2) is 0 Å². The molecule has 24 heteroatoms. The Hall–Kier alpha value is -0.0300. The molecule has 0 bridgehead atoms. The highest BCUT2D eigenvalue weighted by atomic mass is 31.2. The van der Waals surface area contributed by atoms with Gasteiger partial charge in [-0.1, -0.05) is 0 Å². The standard InChI is InChI=1S/9H3N.3H3O4P/c;;;;;;;;;3*1-5(2,3)4/h9*1H3;3*(H3,1,2,3,4). The Morgan fingerprint density at radius 1 is 0.292 bits per heavy atom. The molecule has 0 aromatic rings. The van der Waals surface area contributed by atoms with Gasteiger partial charge in [-0.3, -0.25) is 0 Å². The van der Waals surface area contributed by atoms with Crippen molar-refractivity contribution >= 4 is 23.5 Å². The Labute approximate surface area is 137 Å². The van der Waals surface area contributed by atoms with E-state index in [1.54, 1.807) is 0 Å². The third-order valence-corrected chi connectivity index (χ3v) is 0. The zero-order valence-electron chi connectivity index (χ0n) is 13.0. The van der Waals surface area contributed by atoms with E-state index in [-0.39, 0.29) is 55.4 Å². The van der Waals surface area contributed by atoms with Crippen LogP contribution in [-0.2, 0) is 13.7 Å². The minimum absolute atomic E-state index is 0. The largest absolute Gasteiger partial charge is 0.466 e. The van der Waals surface area contributed by atoms with Crippen molar-refractivity contribution in [2.45, 2.75) is 0 Å². The van der Waals surface area contributed by atoms with Gasteiger partial charge in [0.1, 0.15) is 0 Å². The highest BCUT2D eigenvalue weighted by molar-refractivity contribution is 7.45. The third kappa shape index (κ3) is 10700000. The molecular weight excluding hydrogens is 411 g/mol. The van der Waals surface area contributed by atoms with Crippen molar-refractivity contribution in [3.63, 3.8) is 0 Å². The molecule has 0 aromatic carbocycles. The van der Waals surface area contributed by atoms with Crippen molar-refractivity contribution < 1.29 is 57.7 Å². The zero-order chi connectivity index (χ0) is 13.5. The van der Waals surface area contributed by atoms with E-state index in [2.05, 4.69) is 0 Å². The van der Waals surface area contributed by atoms with Crippen LogP contribution in [0.2, 0.25) is 0 Å². The first-order valence-electron chi connectivity index (χ1n) is 2.35. The van der Waals surface area contributed by atoms with E-state index in [0.29, 0.717) is 0 Å². The molecule has 0 fully saturated rings. The van der Waals surface area contributed by atoms with Crippen LogP contribution in [0.3, 0.4) is 0 Å². The predicted molar refractivity (Wildman–Crippen MR) is 88.0 cm³/mol. The summed E-state index contributed by atoms with van der Waals surface area (Å²) in [5, 5.41) is 0. The Balaban J connectivity index is -0.00000000758. The van der Waals surface area contributed by atoms with E-state index in [0.717, 1.165) is 0 Å². The fraction of sp³-hybridized carbons (Fsp3) is 0. The van der Waals surface area contributed by atoms with Gasteiger partial charge in [0.25, 0.3) is 0 Å². The van der Waals surface area contributed by atoms with Crippen LogP contribution in [0.1, 0.15) is 0 Å². The minimum atomic E-state index is -4.64. The number of hydrogen-bond acceptors (Lipinski definition) is 12.